The fourth-order valence-electron chi connectivity index (χ4n) is 1.30. The summed E-state index contributed by atoms with van der Waals surface area (Å²) in [4.78, 5) is 1.32. The van der Waals surface area contributed by atoms with Gasteiger partial charge in [-0.3, -0.25) is 0 Å². The quantitative estimate of drug-likeness (QED) is 0.603. The summed E-state index contributed by atoms with van der Waals surface area (Å²) in [5, 5.41) is 2.83. The summed E-state index contributed by atoms with van der Waals surface area (Å²) in [5.74, 6) is 0. The zero-order valence-electron chi connectivity index (χ0n) is 7.58. The molecule has 0 nitrogen and oxygen atoms in total. The third-order valence-corrected chi connectivity index (χ3v) is 5.22. The van der Waals surface area contributed by atoms with Crippen LogP contribution >= 0.6 is 54.8 Å². The second kappa shape index (κ2) is 5.00. The minimum absolute atomic E-state index is 0.169. The topological polar surface area (TPSA) is 0 Å². The van der Waals surface area contributed by atoms with E-state index in [4.69, 9.17) is 11.6 Å². The lowest BCUT2D eigenvalue weighted by molar-refractivity contribution is 1.22. The van der Waals surface area contributed by atoms with Crippen molar-refractivity contribution >= 4 is 54.8 Å². The number of alkyl halides is 1. The first-order valence-electron chi connectivity index (χ1n) is 4.31. The predicted molar refractivity (Wildman–Crippen MR) is 74.2 cm³/mol. The normalized spacial score (nSPS) is 12.7. The Bertz CT molecular complexity index is 467. The molecule has 1 atom stereocenters. The van der Waals surface area contributed by atoms with E-state index in [-0.39, 0.29) is 4.83 Å². The van der Waals surface area contributed by atoms with Crippen molar-refractivity contribution in [2.24, 2.45) is 0 Å². The van der Waals surface area contributed by atoms with Crippen LogP contribution in [0.1, 0.15) is 15.3 Å². The first-order chi connectivity index (χ1) is 7.18. The van der Waals surface area contributed by atoms with Crippen LogP contribution in [0.5, 0.6) is 0 Å². The monoisotopic (exact) mass is 364 g/mol. The van der Waals surface area contributed by atoms with Gasteiger partial charge >= 0.3 is 0 Å². The second-order valence-corrected chi connectivity index (χ2v) is 6.24. The number of halogens is 3. The van der Waals surface area contributed by atoms with Gasteiger partial charge in [-0.25, -0.2) is 0 Å². The van der Waals surface area contributed by atoms with Gasteiger partial charge in [-0.05, 0) is 29.1 Å². The lowest BCUT2D eigenvalue weighted by Crippen LogP contribution is -1.89. The molecule has 2 aromatic rings. The Morgan fingerprint density at radius 3 is 2.67 bits per heavy atom. The van der Waals surface area contributed by atoms with E-state index in [9.17, 15) is 0 Å². The van der Waals surface area contributed by atoms with E-state index in [0.29, 0.717) is 0 Å². The molecule has 4 heteroatoms. The Kier molecular flexibility index (Phi) is 3.88. The first kappa shape index (κ1) is 11.6. The lowest BCUT2D eigenvalue weighted by atomic mass is 10.1. The van der Waals surface area contributed by atoms with Crippen molar-refractivity contribution in [2.45, 2.75) is 4.83 Å². The van der Waals surface area contributed by atoms with Gasteiger partial charge in [0.15, 0.2) is 0 Å². The molecule has 0 aliphatic heterocycles. The van der Waals surface area contributed by atoms with Crippen molar-refractivity contribution in [1.29, 1.82) is 0 Å². The highest BCUT2D eigenvalue weighted by atomic mass is 79.9. The summed E-state index contributed by atoms with van der Waals surface area (Å²) in [6, 6.07) is 10.1. The van der Waals surface area contributed by atoms with Crippen LogP contribution in [0.15, 0.2) is 40.2 Å². The summed E-state index contributed by atoms with van der Waals surface area (Å²) in [7, 11) is 0. The van der Waals surface area contributed by atoms with E-state index in [1.807, 2.05) is 23.6 Å². The molecule has 0 fully saturated rings. The van der Waals surface area contributed by atoms with Crippen molar-refractivity contribution in [1.82, 2.24) is 0 Å². The number of thiophene rings is 1. The van der Waals surface area contributed by atoms with E-state index in [1.165, 1.54) is 5.56 Å². The molecule has 1 unspecified atom stereocenters. The molecular weight excluding hydrogens is 359 g/mol. The Balaban J connectivity index is 2.36. The maximum absolute atomic E-state index is 6.09. The molecule has 15 heavy (non-hydrogen) atoms. The number of hydrogen-bond donors (Lipinski definition) is 0. The molecule has 0 radical (unpaired) electrons. The summed E-state index contributed by atoms with van der Waals surface area (Å²) in [6.45, 7) is 0. The average molecular weight is 367 g/mol. The average Bonchev–Trinajstić information content (AvgIpc) is 2.63. The maximum atomic E-state index is 6.09. The molecule has 78 valence electrons. The van der Waals surface area contributed by atoms with Gasteiger partial charge in [-0.2, -0.15) is 0 Å². The lowest BCUT2D eigenvalue weighted by Gasteiger charge is -2.09. The molecule has 0 spiro atoms. The fraction of sp³-hybridized carbons (Fsp3) is 0.0909. The predicted octanol–water partition coefficient (Wildman–Crippen LogP) is 5.65. The molecule has 0 aliphatic rings. The van der Waals surface area contributed by atoms with Crippen molar-refractivity contribution in [2.75, 3.05) is 0 Å². The number of benzene rings is 1. The fourth-order valence-corrected chi connectivity index (χ4v) is 3.87. The highest BCUT2D eigenvalue weighted by Gasteiger charge is 2.14. The molecule has 1 aromatic carbocycles. The van der Waals surface area contributed by atoms with E-state index >= 15 is 0 Å². The van der Waals surface area contributed by atoms with Crippen molar-refractivity contribution in [3.8, 4) is 0 Å². The molecular formula is C11H7Br2ClS. The van der Waals surface area contributed by atoms with E-state index < -0.39 is 0 Å². The third-order valence-electron chi connectivity index (χ3n) is 2.02. The minimum Gasteiger partial charge on any atom is -0.146 e. The zero-order valence-corrected chi connectivity index (χ0v) is 12.3. The van der Waals surface area contributed by atoms with Gasteiger partial charge in [0, 0.05) is 9.35 Å². The van der Waals surface area contributed by atoms with Gasteiger partial charge < -0.3 is 0 Å². The van der Waals surface area contributed by atoms with E-state index in [1.54, 1.807) is 11.3 Å². The van der Waals surface area contributed by atoms with Crippen LogP contribution in [0.4, 0.5) is 0 Å². The molecule has 0 N–H and O–H groups in total. The molecule has 1 aromatic heterocycles. The van der Waals surface area contributed by atoms with Gasteiger partial charge in [0.05, 0.1) is 9.85 Å². The highest BCUT2D eigenvalue weighted by Crippen LogP contribution is 2.39. The van der Waals surface area contributed by atoms with E-state index in [2.05, 4.69) is 44.0 Å². The summed E-state index contributed by atoms with van der Waals surface area (Å²) < 4.78 is 1.08. The Labute approximate surface area is 115 Å². The number of rotatable bonds is 2. The van der Waals surface area contributed by atoms with Gasteiger partial charge in [0.2, 0.25) is 0 Å². The van der Waals surface area contributed by atoms with Crippen molar-refractivity contribution < 1.29 is 0 Å². The van der Waals surface area contributed by atoms with Crippen molar-refractivity contribution in [3.63, 3.8) is 0 Å². The zero-order chi connectivity index (χ0) is 10.8. The van der Waals surface area contributed by atoms with Crippen LogP contribution in [0.2, 0.25) is 5.02 Å². The highest BCUT2D eigenvalue weighted by molar-refractivity contribution is 9.10. The van der Waals surface area contributed by atoms with Gasteiger partial charge in [-0.15, -0.1) is 11.3 Å². The summed E-state index contributed by atoms with van der Waals surface area (Å²) >= 11 is 14.9. The van der Waals surface area contributed by atoms with Crippen LogP contribution in [0, 0.1) is 0 Å². The standard InChI is InChI=1S/C11H7Br2ClS/c12-8-3-1-2-7(6-8)10(13)11-9(14)4-5-15-11/h1-6,10H. The second-order valence-electron chi connectivity index (χ2n) is 3.05. The molecule has 0 saturated heterocycles. The van der Waals surface area contributed by atoms with Gasteiger partial charge in [-0.1, -0.05) is 55.6 Å². The van der Waals surface area contributed by atoms with Crippen LogP contribution in [-0.4, -0.2) is 0 Å². The van der Waals surface area contributed by atoms with Gasteiger partial charge in [0.1, 0.15) is 0 Å². The summed E-state index contributed by atoms with van der Waals surface area (Å²) in [6.07, 6.45) is 0. The SMILES string of the molecule is Clc1ccsc1C(Br)c1cccc(Br)c1. The first-order valence-corrected chi connectivity index (χ1v) is 7.27. The smallest absolute Gasteiger partial charge is 0.0753 e. The summed E-state index contributed by atoms with van der Waals surface area (Å²) in [5.41, 5.74) is 1.20. The van der Waals surface area contributed by atoms with E-state index in [0.717, 1.165) is 14.4 Å². The Morgan fingerprint density at radius 2 is 2.07 bits per heavy atom. The van der Waals surface area contributed by atoms with Crippen LogP contribution in [-0.2, 0) is 0 Å². The Morgan fingerprint density at radius 1 is 1.27 bits per heavy atom. The van der Waals surface area contributed by atoms with Crippen LogP contribution in [0.3, 0.4) is 0 Å². The number of hydrogen-bond acceptors (Lipinski definition) is 1. The molecule has 1 heterocycles. The molecule has 0 aliphatic carbocycles. The molecule has 0 bridgehead atoms. The van der Waals surface area contributed by atoms with Crippen LogP contribution in [0.25, 0.3) is 0 Å². The van der Waals surface area contributed by atoms with Crippen molar-refractivity contribution in [3.05, 3.63) is 55.6 Å². The molecule has 0 saturated carbocycles. The minimum atomic E-state index is 0.169. The Hall–Kier alpha value is 0.170. The van der Waals surface area contributed by atoms with Gasteiger partial charge in [0.25, 0.3) is 0 Å². The largest absolute Gasteiger partial charge is 0.146 e. The molecule has 0 amide bonds. The molecule has 2 rings (SSSR count). The van der Waals surface area contributed by atoms with Crippen LogP contribution < -0.4 is 0 Å². The third kappa shape index (κ3) is 2.64. The maximum Gasteiger partial charge on any atom is 0.0753 e.